The van der Waals surface area contributed by atoms with Crippen LogP contribution in [0.25, 0.3) is 0 Å². The number of anilines is 1. The molecule has 0 aliphatic rings. The van der Waals surface area contributed by atoms with E-state index in [2.05, 4.69) is 15.3 Å². The maximum absolute atomic E-state index is 5.71. The molecule has 0 saturated carbocycles. The zero-order valence-electron chi connectivity index (χ0n) is 11.6. The van der Waals surface area contributed by atoms with Crippen molar-refractivity contribution in [2.75, 3.05) is 11.9 Å². The van der Waals surface area contributed by atoms with E-state index < -0.39 is 0 Å². The lowest BCUT2D eigenvalue weighted by molar-refractivity contribution is 0.243. The van der Waals surface area contributed by atoms with E-state index in [1.165, 1.54) is 0 Å². The van der Waals surface area contributed by atoms with Crippen molar-refractivity contribution in [1.82, 2.24) is 14.5 Å². The van der Waals surface area contributed by atoms with Gasteiger partial charge in [-0.3, -0.25) is 0 Å². The molecule has 0 saturated heterocycles. The molecular weight excluding hydrogens is 240 g/mol. The molecule has 0 spiro atoms. The van der Waals surface area contributed by atoms with Gasteiger partial charge in [-0.2, -0.15) is 0 Å². The maximum Gasteiger partial charge on any atom is 0.168 e. The van der Waals surface area contributed by atoms with Crippen LogP contribution in [0.3, 0.4) is 0 Å². The van der Waals surface area contributed by atoms with Crippen LogP contribution in [0.15, 0.2) is 30.7 Å². The maximum atomic E-state index is 5.71. The molecule has 0 amide bonds. The van der Waals surface area contributed by atoms with Crippen molar-refractivity contribution in [3.05, 3.63) is 36.5 Å². The second-order valence-corrected chi connectivity index (χ2v) is 4.65. The minimum Gasteiger partial charge on any atom is -0.487 e. The Bertz CT molecular complexity index is 522. The number of nitrogens with zero attached hydrogens (tertiary/aromatic N) is 3. The lowest BCUT2D eigenvalue weighted by Gasteiger charge is -2.14. The van der Waals surface area contributed by atoms with E-state index in [4.69, 9.17) is 4.74 Å². The molecule has 5 heteroatoms. The van der Waals surface area contributed by atoms with E-state index in [0.717, 1.165) is 30.4 Å². The van der Waals surface area contributed by atoms with Crippen LogP contribution in [0.1, 0.15) is 19.7 Å². The Hall–Kier alpha value is -2.04. The highest BCUT2D eigenvalue weighted by atomic mass is 16.5. The molecule has 5 nitrogen and oxygen atoms in total. The predicted octanol–water partition coefficient (Wildman–Crippen LogP) is 2.26. The topological polar surface area (TPSA) is 52.0 Å². The van der Waals surface area contributed by atoms with Crippen molar-refractivity contribution >= 4 is 5.82 Å². The Kier molecular flexibility index (Phi) is 4.39. The van der Waals surface area contributed by atoms with Gasteiger partial charge in [0.05, 0.1) is 6.10 Å². The summed E-state index contributed by atoms with van der Waals surface area (Å²) in [5.41, 5.74) is 0. The van der Waals surface area contributed by atoms with E-state index >= 15 is 0 Å². The van der Waals surface area contributed by atoms with E-state index in [1.807, 2.05) is 50.0 Å². The van der Waals surface area contributed by atoms with Crippen LogP contribution in [-0.2, 0) is 13.5 Å². The standard InChI is InChI=1S/C14H20N4O/c1-11(2)19-12-5-4-7-16-14(12)17-8-6-13-15-9-10-18(13)3/h4-5,7,9-11H,6,8H2,1-3H3,(H,16,17). The van der Waals surface area contributed by atoms with Gasteiger partial charge in [-0.15, -0.1) is 0 Å². The highest BCUT2D eigenvalue weighted by molar-refractivity contribution is 5.49. The normalized spacial score (nSPS) is 10.7. The summed E-state index contributed by atoms with van der Waals surface area (Å²) in [5.74, 6) is 2.62. The predicted molar refractivity (Wildman–Crippen MR) is 75.4 cm³/mol. The number of rotatable bonds is 6. The van der Waals surface area contributed by atoms with E-state index in [1.54, 1.807) is 6.20 Å². The smallest absolute Gasteiger partial charge is 0.168 e. The van der Waals surface area contributed by atoms with Gasteiger partial charge in [-0.1, -0.05) is 0 Å². The number of imidazole rings is 1. The van der Waals surface area contributed by atoms with Crippen LogP contribution in [0.2, 0.25) is 0 Å². The summed E-state index contributed by atoms with van der Waals surface area (Å²) in [6.07, 6.45) is 6.50. The van der Waals surface area contributed by atoms with Crippen LogP contribution >= 0.6 is 0 Å². The quantitative estimate of drug-likeness (QED) is 0.865. The molecule has 0 fully saturated rings. The van der Waals surface area contributed by atoms with Crippen molar-refractivity contribution in [2.24, 2.45) is 7.05 Å². The number of hydrogen-bond donors (Lipinski definition) is 1. The molecule has 0 atom stereocenters. The third-order valence-electron chi connectivity index (χ3n) is 2.70. The fourth-order valence-corrected chi connectivity index (χ4v) is 1.80. The van der Waals surface area contributed by atoms with Gasteiger partial charge >= 0.3 is 0 Å². The number of hydrogen-bond acceptors (Lipinski definition) is 4. The summed E-state index contributed by atoms with van der Waals surface area (Å²) >= 11 is 0. The van der Waals surface area contributed by atoms with Crippen LogP contribution in [0.5, 0.6) is 5.75 Å². The fourth-order valence-electron chi connectivity index (χ4n) is 1.80. The molecule has 0 radical (unpaired) electrons. The van der Waals surface area contributed by atoms with Gasteiger partial charge in [0, 0.05) is 38.6 Å². The van der Waals surface area contributed by atoms with Crippen molar-refractivity contribution in [2.45, 2.75) is 26.4 Å². The molecule has 0 unspecified atom stereocenters. The zero-order valence-corrected chi connectivity index (χ0v) is 11.6. The second-order valence-electron chi connectivity index (χ2n) is 4.65. The molecular formula is C14H20N4O. The van der Waals surface area contributed by atoms with Gasteiger partial charge in [-0.25, -0.2) is 9.97 Å². The first-order valence-electron chi connectivity index (χ1n) is 6.48. The van der Waals surface area contributed by atoms with Crippen LogP contribution in [-0.4, -0.2) is 27.2 Å². The Morgan fingerprint density at radius 2 is 2.16 bits per heavy atom. The van der Waals surface area contributed by atoms with E-state index in [-0.39, 0.29) is 6.10 Å². The first-order chi connectivity index (χ1) is 9.16. The van der Waals surface area contributed by atoms with Gasteiger partial charge in [-0.05, 0) is 26.0 Å². The SMILES string of the molecule is CC(C)Oc1cccnc1NCCc1nccn1C. The van der Waals surface area contributed by atoms with Gasteiger partial charge < -0.3 is 14.6 Å². The summed E-state index contributed by atoms with van der Waals surface area (Å²) in [4.78, 5) is 8.60. The number of aromatic nitrogens is 3. The monoisotopic (exact) mass is 260 g/mol. The average molecular weight is 260 g/mol. The molecule has 0 aromatic carbocycles. The highest BCUT2D eigenvalue weighted by Gasteiger charge is 2.06. The summed E-state index contributed by atoms with van der Waals surface area (Å²) < 4.78 is 7.73. The first-order valence-corrected chi connectivity index (χ1v) is 6.48. The van der Waals surface area contributed by atoms with Crippen molar-refractivity contribution in [3.8, 4) is 5.75 Å². The number of nitrogens with one attached hydrogen (secondary N) is 1. The second kappa shape index (κ2) is 6.22. The molecule has 2 heterocycles. The third kappa shape index (κ3) is 3.71. The first kappa shape index (κ1) is 13.4. The third-order valence-corrected chi connectivity index (χ3v) is 2.70. The van der Waals surface area contributed by atoms with Gasteiger partial charge in [0.25, 0.3) is 0 Å². The molecule has 2 aromatic rings. The van der Waals surface area contributed by atoms with Crippen LogP contribution in [0.4, 0.5) is 5.82 Å². The Balaban J connectivity index is 1.94. The van der Waals surface area contributed by atoms with Gasteiger partial charge in [0.1, 0.15) is 5.82 Å². The lowest BCUT2D eigenvalue weighted by Crippen LogP contribution is -2.12. The average Bonchev–Trinajstić information content (AvgIpc) is 2.77. The zero-order chi connectivity index (χ0) is 13.7. The number of ether oxygens (including phenoxy) is 1. The molecule has 0 aliphatic heterocycles. The molecule has 19 heavy (non-hydrogen) atoms. The minimum absolute atomic E-state index is 0.138. The molecule has 0 bridgehead atoms. The number of aryl methyl sites for hydroxylation is 1. The molecule has 102 valence electrons. The van der Waals surface area contributed by atoms with E-state index in [0.29, 0.717) is 0 Å². The van der Waals surface area contributed by atoms with Crippen molar-refractivity contribution < 1.29 is 4.74 Å². The van der Waals surface area contributed by atoms with Crippen molar-refractivity contribution in [3.63, 3.8) is 0 Å². The molecule has 2 rings (SSSR count). The van der Waals surface area contributed by atoms with E-state index in [9.17, 15) is 0 Å². The molecule has 0 aliphatic carbocycles. The molecule has 2 aromatic heterocycles. The summed E-state index contributed by atoms with van der Waals surface area (Å²) in [5, 5.41) is 3.29. The Morgan fingerprint density at radius 1 is 1.32 bits per heavy atom. The minimum atomic E-state index is 0.138. The molecule has 1 N–H and O–H groups in total. The van der Waals surface area contributed by atoms with Crippen LogP contribution in [0, 0.1) is 0 Å². The van der Waals surface area contributed by atoms with Crippen molar-refractivity contribution in [1.29, 1.82) is 0 Å². The van der Waals surface area contributed by atoms with Gasteiger partial charge in [0.2, 0.25) is 0 Å². The summed E-state index contributed by atoms with van der Waals surface area (Å²) in [6.45, 7) is 4.78. The largest absolute Gasteiger partial charge is 0.487 e. The number of pyridine rings is 1. The van der Waals surface area contributed by atoms with Gasteiger partial charge in [0.15, 0.2) is 11.6 Å². The summed E-state index contributed by atoms with van der Waals surface area (Å²) in [7, 11) is 2.00. The summed E-state index contributed by atoms with van der Waals surface area (Å²) in [6, 6.07) is 3.80. The fraction of sp³-hybridized carbons (Fsp3) is 0.429. The van der Waals surface area contributed by atoms with Crippen LogP contribution < -0.4 is 10.1 Å². The Morgan fingerprint density at radius 3 is 2.84 bits per heavy atom. The highest BCUT2D eigenvalue weighted by Crippen LogP contribution is 2.21. The Labute approximate surface area is 113 Å². The lowest BCUT2D eigenvalue weighted by atomic mass is 10.3.